The number of hydrogen-bond acceptors (Lipinski definition) is 17. The lowest BCUT2D eigenvalue weighted by Gasteiger charge is -2.19. The van der Waals surface area contributed by atoms with Crippen LogP contribution in [0.3, 0.4) is 0 Å². The molecule has 2 aromatic carbocycles. The number of aryl methyl sites for hydroxylation is 3. The van der Waals surface area contributed by atoms with Gasteiger partial charge in [0.2, 0.25) is 0 Å². The van der Waals surface area contributed by atoms with Gasteiger partial charge in [-0.3, -0.25) is 43.3 Å². The van der Waals surface area contributed by atoms with Crippen molar-refractivity contribution in [1.82, 2.24) is 59.5 Å². The first-order valence-electron chi connectivity index (χ1n) is 34.9. The highest BCUT2D eigenvalue weighted by atomic mass is 19.4. The maximum absolute atomic E-state index is 13.1. The second-order valence-electron chi connectivity index (χ2n) is 28.8. The fraction of sp³-hybridized carbons (Fsp3) is 0.542. The number of aromatic nitrogens is 12. The van der Waals surface area contributed by atoms with Crippen molar-refractivity contribution in [1.29, 1.82) is 0 Å². The summed E-state index contributed by atoms with van der Waals surface area (Å²) in [4.78, 5) is 35.0. The standard InChI is InChI=1S/C19H23F3N2O3.C15H21F3N2O2.C13H14F3N3O.C11H15F3N2O2.C9H12F3N3.C5H6F3N3/c1-18(2,3)27-17(25)10-7-14-11-16(19(20,21)22)23-24(14)12-13-5-8-15(26-4)9-6-13;1-14(2,3)22-13(21)7-6-11-8-12(15(16,17)18)19-20(11)9-10-4-5-10;1-20-11-4-2-9(3-5-11)8-19-10(7-17)6-12(18-19)13(14,15)16;1-10(2,3)18-9(17)5-4-7-6-8(16-15-7)11(12,13)14;10-9(11,12)8-3-7(4-13)15(14-8)5-6-1-2-6;6-5(7,8)4-1-3(2-9)10-11-4/h5-6,8-9,11H,7,10,12H2,1-4H3;8,10H,4-7,9H2,1-3H3;2-6H,7-8,17H2,1H3;6H,4-5H2,1-3H3,(H,15,16);3,6H,1-2,4-5,13H2;1H,2,9H2,(H,10,11). The van der Waals surface area contributed by atoms with Gasteiger partial charge in [0.05, 0.1) is 58.0 Å². The second kappa shape index (κ2) is 39.4. The molecule has 113 heavy (non-hydrogen) atoms. The van der Waals surface area contributed by atoms with E-state index < -0.39 is 106 Å². The fourth-order valence-electron chi connectivity index (χ4n) is 9.72. The number of rotatable bonds is 22. The highest BCUT2D eigenvalue weighted by Gasteiger charge is 2.40. The van der Waals surface area contributed by atoms with Crippen LogP contribution in [-0.4, -0.2) is 108 Å². The number of carbonyl (C=O) groups is 3. The minimum Gasteiger partial charge on any atom is -0.497 e. The van der Waals surface area contributed by atoms with E-state index in [1.54, 1.807) is 118 Å². The molecule has 23 nitrogen and oxygen atoms in total. The van der Waals surface area contributed by atoms with Crippen LogP contribution in [0.2, 0.25) is 0 Å². The van der Waals surface area contributed by atoms with Gasteiger partial charge in [0, 0.05) is 55.5 Å². The Bertz CT molecular complexity index is 4270. The molecule has 0 spiro atoms. The van der Waals surface area contributed by atoms with Gasteiger partial charge < -0.3 is 40.9 Å². The molecule has 2 aliphatic rings. The van der Waals surface area contributed by atoms with Crippen molar-refractivity contribution < 1.29 is 117 Å². The van der Waals surface area contributed by atoms with Gasteiger partial charge in [-0.2, -0.15) is 110 Å². The molecule has 6 aromatic heterocycles. The molecule has 0 atom stereocenters. The summed E-state index contributed by atoms with van der Waals surface area (Å²) in [6.45, 7) is 17.2. The summed E-state index contributed by atoms with van der Waals surface area (Å²) in [7, 11) is 3.08. The summed E-state index contributed by atoms with van der Waals surface area (Å²) < 4.78 is 255. The number of esters is 3. The van der Waals surface area contributed by atoms with Crippen LogP contribution in [0, 0.1) is 11.8 Å². The Morgan fingerprint density at radius 2 is 0.655 bits per heavy atom. The van der Waals surface area contributed by atoms with Gasteiger partial charge in [-0.1, -0.05) is 24.3 Å². The number of aromatic amines is 2. The maximum Gasteiger partial charge on any atom is 0.435 e. The zero-order chi connectivity index (χ0) is 85.0. The third-order valence-electron chi connectivity index (χ3n) is 15.4. The Balaban J connectivity index is 0.000000247. The van der Waals surface area contributed by atoms with Crippen molar-refractivity contribution >= 4 is 17.9 Å². The van der Waals surface area contributed by atoms with Crippen LogP contribution in [0.4, 0.5) is 79.0 Å². The summed E-state index contributed by atoms with van der Waals surface area (Å²) in [5.74, 6) is 0.890. The molecule has 628 valence electrons. The zero-order valence-electron chi connectivity index (χ0n) is 63.5. The van der Waals surface area contributed by atoms with E-state index in [4.69, 9.17) is 40.9 Å². The average Bonchev–Trinajstić information content (AvgIpc) is 1.69. The Hall–Kier alpha value is -9.67. The van der Waals surface area contributed by atoms with E-state index in [0.717, 1.165) is 73.2 Å². The number of nitrogens with one attached hydrogen (secondary N) is 2. The molecular formula is C72H91F18N15O8. The molecule has 0 bridgehead atoms. The lowest BCUT2D eigenvalue weighted by Crippen LogP contribution is -2.24. The van der Waals surface area contributed by atoms with Crippen molar-refractivity contribution in [2.24, 2.45) is 29.0 Å². The molecule has 0 amide bonds. The Morgan fingerprint density at radius 3 is 0.938 bits per heavy atom. The van der Waals surface area contributed by atoms with Crippen molar-refractivity contribution in [3.05, 3.63) is 164 Å². The molecule has 6 heterocycles. The van der Waals surface area contributed by atoms with E-state index in [9.17, 15) is 93.4 Å². The quantitative estimate of drug-likeness (QED) is 0.0239. The summed E-state index contributed by atoms with van der Waals surface area (Å²) in [5.41, 5.74) is 12.2. The summed E-state index contributed by atoms with van der Waals surface area (Å²) in [6, 6.07) is 19.8. The number of carbonyl (C=O) groups excluding carboxylic acids is 3. The smallest absolute Gasteiger partial charge is 0.435 e. The highest BCUT2D eigenvalue weighted by Crippen LogP contribution is 2.37. The number of nitrogens with two attached hydrogens (primary N) is 3. The molecule has 10 rings (SSSR count). The number of methoxy groups -OCH3 is 2. The topological polar surface area (TPSA) is 304 Å². The molecule has 0 aliphatic heterocycles. The van der Waals surface area contributed by atoms with Crippen molar-refractivity contribution in [2.45, 2.75) is 226 Å². The van der Waals surface area contributed by atoms with Crippen molar-refractivity contribution in [3.63, 3.8) is 0 Å². The van der Waals surface area contributed by atoms with Gasteiger partial charge in [0.1, 0.15) is 28.3 Å². The molecule has 41 heteroatoms. The first kappa shape index (κ1) is 93.9. The lowest BCUT2D eigenvalue weighted by molar-refractivity contribution is -0.155. The largest absolute Gasteiger partial charge is 0.497 e. The van der Waals surface area contributed by atoms with Crippen LogP contribution in [0.25, 0.3) is 0 Å². The lowest BCUT2D eigenvalue weighted by atomic mass is 10.1. The Kier molecular flexibility index (Phi) is 32.7. The first-order chi connectivity index (χ1) is 52.1. The minimum absolute atomic E-state index is 0.000759. The van der Waals surface area contributed by atoms with E-state index >= 15 is 0 Å². The maximum atomic E-state index is 13.1. The van der Waals surface area contributed by atoms with E-state index in [0.29, 0.717) is 59.2 Å². The van der Waals surface area contributed by atoms with Crippen LogP contribution in [0.5, 0.6) is 11.5 Å². The van der Waals surface area contributed by atoms with Gasteiger partial charge in [-0.25, -0.2) is 0 Å². The Labute approximate surface area is 637 Å². The number of ether oxygens (including phenoxy) is 5. The zero-order valence-corrected chi connectivity index (χ0v) is 63.5. The normalized spacial score (nSPS) is 13.5. The van der Waals surface area contributed by atoms with Crippen molar-refractivity contribution in [2.75, 3.05) is 14.2 Å². The SMILES string of the molecule is CC(C)(C)OC(=O)CCc1cc(C(F)(F)F)n[nH]1.CC(C)(C)OC(=O)CCc1cc(C(F)(F)F)nn1CC1CC1.COc1ccc(Cn2nc(C(F)(F)F)cc2CCC(=O)OC(C)(C)C)cc1.COc1ccc(Cn2nc(C(F)(F)F)cc2CN)cc1.NCc1cc(C(F)(F)F)n[nH]1.NCc1cc(C(F)(F)F)nn1CC1CC1. The number of alkyl halides is 18. The second-order valence-corrected chi connectivity index (χ2v) is 28.8. The van der Waals surface area contributed by atoms with Gasteiger partial charge in [-0.15, -0.1) is 0 Å². The van der Waals surface area contributed by atoms with E-state index in [1.807, 2.05) is 0 Å². The summed E-state index contributed by atoms with van der Waals surface area (Å²) >= 11 is 0. The average molecular weight is 1640 g/mol. The number of H-pyrrole nitrogens is 2. The number of nitrogens with zero attached hydrogens (tertiary/aromatic N) is 10. The van der Waals surface area contributed by atoms with Crippen LogP contribution in [0.1, 0.15) is 187 Å². The first-order valence-corrected chi connectivity index (χ1v) is 34.9. The molecule has 0 unspecified atom stereocenters. The number of hydrogen-bond donors (Lipinski definition) is 5. The minimum atomic E-state index is -4.55. The fourth-order valence-corrected chi connectivity index (χ4v) is 9.72. The Morgan fingerprint density at radius 1 is 0.381 bits per heavy atom. The molecule has 2 saturated carbocycles. The van der Waals surface area contributed by atoms with E-state index in [-0.39, 0.29) is 82.6 Å². The van der Waals surface area contributed by atoms with Crippen LogP contribution in [0.15, 0.2) is 84.9 Å². The number of benzene rings is 2. The highest BCUT2D eigenvalue weighted by molar-refractivity contribution is 5.71. The van der Waals surface area contributed by atoms with Gasteiger partial charge in [-0.05, 0) is 191 Å². The summed E-state index contributed by atoms with van der Waals surface area (Å²) in [6.07, 6.45) is -22.0. The van der Waals surface area contributed by atoms with Crippen LogP contribution < -0.4 is 26.7 Å². The molecule has 2 fully saturated rings. The molecule has 2 aliphatic carbocycles. The van der Waals surface area contributed by atoms with Gasteiger partial charge in [0.15, 0.2) is 34.2 Å². The number of halogens is 18. The summed E-state index contributed by atoms with van der Waals surface area (Å²) in [5, 5.41) is 25.0. The third kappa shape index (κ3) is 33.9. The predicted octanol–water partition coefficient (Wildman–Crippen LogP) is 15.6. The van der Waals surface area contributed by atoms with Crippen LogP contribution >= 0.6 is 0 Å². The van der Waals surface area contributed by atoms with Crippen LogP contribution in [-0.2, 0) is 131 Å². The van der Waals surface area contributed by atoms with Gasteiger partial charge >= 0.3 is 55.0 Å². The van der Waals surface area contributed by atoms with E-state index in [1.165, 1.54) is 25.8 Å². The van der Waals surface area contributed by atoms with E-state index in [2.05, 4.69) is 40.8 Å². The van der Waals surface area contributed by atoms with Gasteiger partial charge in [0.25, 0.3) is 0 Å². The predicted molar refractivity (Wildman–Crippen MR) is 372 cm³/mol. The monoisotopic (exact) mass is 1640 g/mol. The molecule has 8 N–H and O–H groups in total. The third-order valence-corrected chi connectivity index (χ3v) is 15.4. The molecular weight excluding hydrogens is 1540 g/mol. The molecule has 0 saturated heterocycles. The molecule has 8 aromatic rings. The van der Waals surface area contributed by atoms with Crippen molar-refractivity contribution in [3.8, 4) is 11.5 Å². The molecule has 0 radical (unpaired) electrons.